The molecule has 4 aromatic rings. The number of benzene rings is 1. The molecule has 1 atom stereocenters. The number of halogens is 4. The summed E-state index contributed by atoms with van der Waals surface area (Å²) in [5, 5.41) is 14.5. The minimum Gasteiger partial charge on any atom is -0.384 e. The van der Waals surface area contributed by atoms with Crippen molar-refractivity contribution in [2.45, 2.75) is 70.7 Å². The summed E-state index contributed by atoms with van der Waals surface area (Å²) in [7, 11) is 0. The molecule has 0 saturated carbocycles. The average molecular weight is 587 g/mol. The van der Waals surface area contributed by atoms with Crippen molar-refractivity contribution in [3.8, 4) is 11.1 Å². The lowest BCUT2D eigenvalue weighted by Crippen LogP contribution is -2.52. The Labute approximate surface area is 242 Å². The Balaban J connectivity index is 0.00000124. The predicted molar refractivity (Wildman–Crippen MR) is 157 cm³/mol. The van der Waals surface area contributed by atoms with Crippen molar-refractivity contribution in [1.29, 1.82) is 0 Å². The van der Waals surface area contributed by atoms with Crippen molar-refractivity contribution in [2.24, 2.45) is 0 Å². The number of aromatic nitrogens is 3. The van der Waals surface area contributed by atoms with E-state index in [2.05, 4.69) is 29.1 Å². The van der Waals surface area contributed by atoms with Gasteiger partial charge < -0.3 is 15.0 Å². The second kappa shape index (κ2) is 11.8. The maximum Gasteiger partial charge on any atom is 0.418 e. The van der Waals surface area contributed by atoms with Gasteiger partial charge in [-0.05, 0) is 59.2 Å². The molecule has 0 fully saturated rings. The first-order valence-corrected chi connectivity index (χ1v) is 13.9. The zero-order chi connectivity index (χ0) is 30.0. The lowest BCUT2D eigenvalue weighted by Gasteiger charge is -2.39. The van der Waals surface area contributed by atoms with Gasteiger partial charge in [-0.25, -0.2) is 0 Å². The maximum absolute atomic E-state index is 14.6. The lowest BCUT2D eigenvalue weighted by molar-refractivity contribution is -0.271. The lowest BCUT2D eigenvalue weighted by atomic mass is 9.73. The molecule has 0 saturated heterocycles. The molecule has 6 nitrogen and oxygen atoms in total. The molecular weight excluding hydrogens is 553 g/mol. The summed E-state index contributed by atoms with van der Waals surface area (Å²) >= 11 is 6.07. The van der Waals surface area contributed by atoms with E-state index >= 15 is 0 Å². The molecule has 1 aliphatic rings. The smallest absolute Gasteiger partial charge is 0.384 e. The molecule has 218 valence electrons. The fraction of sp³-hybridized carbons (Fsp3) is 0.387. The van der Waals surface area contributed by atoms with Crippen LogP contribution in [0.3, 0.4) is 0 Å². The second-order valence-corrected chi connectivity index (χ2v) is 11.5. The highest BCUT2D eigenvalue weighted by Gasteiger charge is 2.56. The van der Waals surface area contributed by atoms with Crippen LogP contribution >= 0.6 is 11.6 Å². The zero-order valence-electron chi connectivity index (χ0n) is 23.5. The average Bonchev–Trinajstić information content (AvgIpc) is 3.40. The molecule has 4 heterocycles. The molecule has 5 rings (SSSR count). The first kappa shape index (κ1) is 30.5. The van der Waals surface area contributed by atoms with Gasteiger partial charge in [-0.15, -0.1) is 0 Å². The Morgan fingerprint density at radius 3 is 2.44 bits per heavy atom. The van der Waals surface area contributed by atoms with Crippen LogP contribution < -0.4 is 10.7 Å². The number of hydrogen-bond acceptors (Lipinski definition) is 5. The van der Waals surface area contributed by atoms with Gasteiger partial charge in [0.1, 0.15) is 5.02 Å². The van der Waals surface area contributed by atoms with Crippen LogP contribution in [0.2, 0.25) is 5.02 Å². The molecule has 0 spiro atoms. The predicted octanol–water partition coefficient (Wildman–Crippen LogP) is 7.16. The quantitative estimate of drug-likeness (QED) is 0.251. The fourth-order valence-corrected chi connectivity index (χ4v) is 5.57. The molecule has 3 aromatic heterocycles. The van der Waals surface area contributed by atoms with Gasteiger partial charge in [0.2, 0.25) is 5.43 Å². The van der Waals surface area contributed by atoms with Crippen molar-refractivity contribution >= 4 is 28.2 Å². The summed E-state index contributed by atoms with van der Waals surface area (Å²) in [5.41, 5.74) is -0.373. The van der Waals surface area contributed by atoms with Crippen LogP contribution in [0.25, 0.3) is 22.0 Å². The van der Waals surface area contributed by atoms with Gasteiger partial charge in [0.25, 0.3) is 0 Å². The minimum absolute atomic E-state index is 0.0787. The molecule has 10 heteroatoms. The largest absolute Gasteiger partial charge is 0.418 e. The number of alkyl halides is 3. The van der Waals surface area contributed by atoms with Crippen molar-refractivity contribution in [1.82, 2.24) is 14.5 Å². The van der Waals surface area contributed by atoms with Crippen LogP contribution in [0.1, 0.15) is 51.7 Å². The van der Waals surface area contributed by atoms with Crippen LogP contribution in [0, 0.1) is 0 Å². The third-order valence-electron chi connectivity index (χ3n) is 7.17. The van der Waals surface area contributed by atoms with E-state index in [1.54, 1.807) is 26.2 Å². The molecule has 1 aliphatic heterocycles. The fourth-order valence-electron chi connectivity index (χ4n) is 5.36. The van der Waals surface area contributed by atoms with Crippen LogP contribution in [0.4, 0.5) is 18.9 Å². The number of pyridine rings is 3. The van der Waals surface area contributed by atoms with Gasteiger partial charge in [-0.3, -0.25) is 14.8 Å². The van der Waals surface area contributed by atoms with Gasteiger partial charge in [-0.2, -0.15) is 13.2 Å². The Morgan fingerprint density at radius 2 is 1.78 bits per heavy atom. The first-order valence-electron chi connectivity index (χ1n) is 13.5. The number of rotatable bonds is 6. The number of fused-ring (bicyclic) bond motifs is 2. The second-order valence-electron chi connectivity index (χ2n) is 11.1. The first-order chi connectivity index (χ1) is 19.3. The number of nitrogens with one attached hydrogen (secondary N) is 1. The zero-order valence-corrected chi connectivity index (χ0v) is 24.3. The highest BCUT2D eigenvalue weighted by molar-refractivity contribution is 6.31. The highest BCUT2D eigenvalue weighted by Crippen LogP contribution is 2.46. The summed E-state index contributed by atoms with van der Waals surface area (Å²) in [6, 6.07) is 9.05. The van der Waals surface area contributed by atoms with Crippen molar-refractivity contribution in [3.63, 3.8) is 0 Å². The summed E-state index contributed by atoms with van der Waals surface area (Å²) in [6.07, 6.45) is 3.53. The van der Waals surface area contributed by atoms with E-state index in [1.165, 1.54) is 29.4 Å². The van der Waals surface area contributed by atoms with E-state index in [1.807, 2.05) is 24.3 Å². The Bertz CT molecular complexity index is 1590. The van der Waals surface area contributed by atoms with E-state index in [0.717, 1.165) is 35.0 Å². The van der Waals surface area contributed by atoms with Crippen LogP contribution in [0.15, 0.2) is 66.1 Å². The number of anilines is 1. The Hall–Kier alpha value is -3.43. The molecule has 1 aromatic carbocycles. The van der Waals surface area contributed by atoms with Crippen LogP contribution in [0.5, 0.6) is 0 Å². The van der Waals surface area contributed by atoms with Gasteiger partial charge in [0.15, 0.2) is 5.60 Å². The van der Waals surface area contributed by atoms with Gasteiger partial charge in [-0.1, -0.05) is 51.8 Å². The van der Waals surface area contributed by atoms with Crippen LogP contribution in [-0.4, -0.2) is 38.0 Å². The van der Waals surface area contributed by atoms with E-state index < -0.39 is 35.6 Å². The standard InChI is InChI=1S/C28H26ClF3N4O2.C3H8/c1-26(2,21-11-19(18-4-3-7-33-12-18)10-17-5-9-35-24(17)21)15-27(38,28(30,31)32)16-36-14-22(29)25(37)20-13-34-8-6-23(20)36;1-3-2/h3-4,6-8,10-14,35,38H,5,9,15-16H2,1-2H3;3H2,1-2H3. The van der Waals surface area contributed by atoms with E-state index in [4.69, 9.17) is 11.6 Å². The summed E-state index contributed by atoms with van der Waals surface area (Å²) < 4.78 is 45.1. The molecule has 0 amide bonds. The molecule has 1 unspecified atom stereocenters. The third kappa shape index (κ3) is 6.26. The van der Waals surface area contributed by atoms with Gasteiger partial charge in [0, 0.05) is 48.8 Å². The minimum atomic E-state index is -4.98. The van der Waals surface area contributed by atoms with Crippen LogP contribution in [-0.2, 0) is 18.4 Å². The Kier molecular flexibility index (Phi) is 8.80. The SMILES string of the molecule is CC(C)(CC(O)(Cn1cc(Cl)c(=O)c2cnccc21)C(F)(F)F)c1cc(-c2cccnc2)cc2c1NCC2.CCC. The summed E-state index contributed by atoms with van der Waals surface area (Å²) in [6.45, 7) is 7.48. The maximum atomic E-state index is 14.6. The van der Waals surface area contributed by atoms with Crippen molar-refractivity contribution < 1.29 is 18.3 Å². The van der Waals surface area contributed by atoms with E-state index in [-0.39, 0.29) is 15.9 Å². The van der Waals surface area contributed by atoms with E-state index in [0.29, 0.717) is 12.1 Å². The molecule has 41 heavy (non-hydrogen) atoms. The third-order valence-corrected chi connectivity index (χ3v) is 7.44. The van der Waals surface area contributed by atoms with Crippen molar-refractivity contribution in [3.05, 3.63) is 87.7 Å². The normalized spacial score (nSPS) is 14.6. The van der Waals surface area contributed by atoms with Gasteiger partial charge in [0.05, 0.1) is 17.4 Å². The number of nitrogens with zero attached hydrogens (tertiary/aromatic N) is 3. The van der Waals surface area contributed by atoms with Crippen molar-refractivity contribution in [2.75, 3.05) is 11.9 Å². The Morgan fingerprint density at radius 1 is 1.07 bits per heavy atom. The topological polar surface area (TPSA) is 80.0 Å². The molecule has 2 N–H and O–H groups in total. The van der Waals surface area contributed by atoms with E-state index in [9.17, 15) is 23.1 Å². The molecule has 0 bridgehead atoms. The molecule has 0 radical (unpaired) electrons. The monoisotopic (exact) mass is 586 g/mol. The van der Waals surface area contributed by atoms with Gasteiger partial charge >= 0.3 is 6.18 Å². The summed E-state index contributed by atoms with van der Waals surface area (Å²) in [5.74, 6) is 0. The number of aliphatic hydroxyl groups is 1. The molecular formula is C31H34ClF3N4O2. The number of hydrogen-bond donors (Lipinski definition) is 2. The highest BCUT2D eigenvalue weighted by atomic mass is 35.5. The molecule has 0 aliphatic carbocycles. The summed E-state index contributed by atoms with van der Waals surface area (Å²) in [4.78, 5) is 20.5.